The highest BCUT2D eigenvalue weighted by molar-refractivity contribution is 7.80. The highest BCUT2D eigenvalue weighted by Gasteiger charge is 2.21. The zero-order valence-electron chi connectivity index (χ0n) is 15.1. The number of rotatable bonds is 5. The second-order valence-electron chi connectivity index (χ2n) is 6.91. The van der Waals surface area contributed by atoms with E-state index in [0.717, 1.165) is 16.5 Å². The van der Waals surface area contributed by atoms with E-state index in [9.17, 15) is 0 Å². The van der Waals surface area contributed by atoms with E-state index in [1.165, 1.54) is 25.7 Å². The van der Waals surface area contributed by atoms with Crippen molar-refractivity contribution in [3.63, 3.8) is 0 Å². The molecule has 136 valence electrons. The van der Waals surface area contributed by atoms with E-state index in [0.29, 0.717) is 30.0 Å². The highest BCUT2D eigenvalue weighted by Crippen LogP contribution is 2.23. The summed E-state index contributed by atoms with van der Waals surface area (Å²) < 4.78 is 2.10. The number of nitrogens with one attached hydrogen (secondary N) is 2. The van der Waals surface area contributed by atoms with E-state index >= 15 is 0 Å². The van der Waals surface area contributed by atoms with E-state index < -0.39 is 0 Å². The van der Waals surface area contributed by atoms with Crippen LogP contribution in [0.15, 0.2) is 35.6 Å². The van der Waals surface area contributed by atoms with Gasteiger partial charge < -0.3 is 9.88 Å². The zero-order valence-corrected chi connectivity index (χ0v) is 15.9. The molecule has 6 heteroatoms. The van der Waals surface area contributed by atoms with Gasteiger partial charge >= 0.3 is 0 Å². The van der Waals surface area contributed by atoms with Crippen molar-refractivity contribution in [2.24, 2.45) is 11.0 Å². The summed E-state index contributed by atoms with van der Waals surface area (Å²) in [5, 5.41) is 18.2. The Morgan fingerprint density at radius 1 is 1.38 bits per heavy atom. The lowest BCUT2D eigenvalue weighted by molar-refractivity contribution is 0.308. The van der Waals surface area contributed by atoms with Gasteiger partial charge in [0, 0.05) is 35.2 Å². The van der Waals surface area contributed by atoms with Crippen molar-refractivity contribution >= 4 is 34.4 Å². The highest BCUT2D eigenvalue weighted by atomic mass is 32.1. The van der Waals surface area contributed by atoms with Gasteiger partial charge in [0.25, 0.3) is 0 Å². The van der Waals surface area contributed by atoms with Gasteiger partial charge in [0.05, 0.1) is 18.7 Å². The summed E-state index contributed by atoms with van der Waals surface area (Å²) in [5.41, 5.74) is 5.07. The third kappa shape index (κ3) is 4.41. The summed E-state index contributed by atoms with van der Waals surface area (Å²) in [6.07, 6.45) is 9.31. The lowest BCUT2D eigenvalue weighted by Crippen LogP contribution is -2.44. The summed E-state index contributed by atoms with van der Waals surface area (Å²) in [4.78, 5) is 0. The van der Waals surface area contributed by atoms with Crippen molar-refractivity contribution in [2.45, 2.75) is 51.6 Å². The first kappa shape index (κ1) is 18.4. The molecule has 1 aromatic heterocycles. The van der Waals surface area contributed by atoms with Gasteiger partial charge in [-0.15, -0.1) is 0 Å². The normalized spacial score (nSPS) is 20.2. The Balaban J connectivity index is 1.64. The number of fused-ring (bicyclic) bond motifs is 1. The number of nitrogens with zero attached hydrogens (tertiary/aromatic N) is 3. The van der Waals surface area contributed by atoms with Crippen LogP contribution < -0.4 is 10.7 Å². The van der Waals surface area contributed by atoms with E-state index in [1.807, 2.05) is 18.3 Å². The molecule has 0 spiro atoms. The molecule has 2 N–H and O–H groups in total. The Hall–Kier alpha value is -2.39. The Bertz CT molecular complexity index is 832. The second kappa shape index (κ2) is 8.81. The third-order valence-electron chi connectivity index (χ3n) is 5.08. The molecular weight excluding hydrogens is 342 g/mol. The van der Waals surface area contributed by atoms with E-state index in [2.05, 4.69) is 45.5 Å². The summed E-state index contributed by atoms with van der Waals surface area (Å²) in [7, 11) is 0. The summed E-state index contributed by atoms with van der Waals surface area (Å²) >= 11 is 5.38. The Labute approximate surface area is 160 Å². The van der Waals surface area contributed by atoms with Crippen LogP contribution in [0.25, 0.3) is 10.9 Å². The van der Waals surface area contributed by atoms with Gasteiger partial charge in [-0.1, -0.05) is 38.0 Å². The molecule has 3 rings (SSSR count). The van der Waals surface area contributed by atoms with Gasteiger partial charge in [-0.2, -0.15) is 10.4 Å². The summed E-state index contributed by atoms with van der Waals surface area (Å²) in [6, 6.07) is 10.8. The van der Waals surface area contributed by atoms with Crippen LogP contribution in [0.2, 0.25) is 0 Å². The number of nitriles is 1. The molecule has 1 heterocycles. The fourth-order valence-electron chi connectivity index (χ4n) is 3.63. The predicted molar refractivity (Wildman–Crippen MR) is 110 cm³/mol. The van der Waals surface area contributed by atoms with Crippen LogP contribution in [0, 0.1) is 17.2 Å². The van der Waals surface area contributed by atoms with Gasteiger partial charge in [-0.3, -0.25) is 5.43 Å². The number of hydrazone groups is 1. The molecule has 1 fully saturated rings. The van der Waals surface area contributed by atoms with Crippen LogP contribution >= 0.6 is 12.2 Å². The number of aromatic nitrogens is 1. The smallest absolute Gasteiger partial charge is 0.187 e. The maximum absolute atomic E-state index is 8.84. The molecule has 0 saturated heterocycles. The number of thiocarbonyl (C=S) groups is 1. The largest absolute Gasteiger partial charge is 0.358 e. The predicted octanol–water partition coefficient (Wildman–Crippen LogP) is 3.93. The quantitative estimate of drug-likeness (QED) is 0.477. The van der Waals surface area contributed by atoms with Crippen LogP contribution in [0.1, 0.15) is 44.6 Å². The molecule has 0 amide bonds. The van der Waals surface area contributed by atoms with Crippen LogP contribution in [0.3, 0.4) is 0 Å². The van der Waals surface area contributed by atoms with Crippen LogP contribution in [0.4, 0.5) is 0 Å². The zero-order chi connectivity index (χ0) is 18.4. The van der Waals surface area contributed by atoms with E-state index in [-0.39, 0.29) is 0 Å². The minimum atomic E-state index is 0.437. The van der Waals surface area contributed by atoms with E-state index in [4.69, 9.17) is 17.5 Å². The molecule has 0 bridgehead atoms. The Kier molecular flexibility index (Phi) is 6.24. The SMILES string of the molecule is C[C@@H]1CCCC[C@H]1NC(=S)N/N=C\c1cn(CCC#N)c2ccccc12. The molecule has 0 radical (unpaired) electrons. The fourth-order valence-corrected chi connectivity index (χ4v) is 3.83. The van der Waals surface area contributed by atoms with Gasteiger partial charge in [0.2, 0.25) is 0 Å². The van der Waals surface area contributed by atoms with Gasteiger partial charge in [-0.05, 0) is 37.0 Å². The van der Waals surface area contributed by atoms with Gasteiger partial charge in [0.1, 0.15) is 0 Å². The van der Waals surface area contributed by atoms with Crippen molar-refractivity contribution in [3.05, 3.63) is 36.0 Å². The molecule has 0 aliphatic heterocycles. The molecule has 1 aliphatic carbocycles. The van der Waals surface area contributed by atoms with E-state index in [1.54, 1.807) is 6.21 Å². The summed E-state index contributed by atoms with van der Waals surface area (Å²) in [6.45, 7) is 2.95. The van der Waals surface area contributed by atoms with Crippen LogP contribution in [0.5, 0.6) is 0 Å². The molecule has 1 saturated carbocycles. The molecule has 5 nitrogen and oxygen atoms in total. The van der Waals surface area contributed by atoms with Crippen molar-refractivity contribution < 1.29 is 0 Å². The van der Waals surface area contributed by atoms with Crippen LogP contribution in [-0.2, 0) is 6.54 Å². The maximum Gasteiger partial charge on any atom is 0.187 e. The van der Waals surface area contributed by atoms with Crippen molar-refractivity contribution in [3.8, 4) is 6.07 Å². The molecule has 1 aromatic carbocycles. The average molecular weight is 368 g/mol. The average Bonchev–Trinajstić information content (AvgIpc) is 3.00. The molecule has 2 aromatic rings. The molecular formula is C20H25N5S. The minimum Gasteiger partial charge on any atom is -0.358 e. The van der Waals surface area contributed by atoms with Gasteiger partial charge in [0.15, 0.2) is 5.11 Å². The molecule has 0 unspecified atom stereocenters. The maximum atomic E-state index is 8.84. The first-order chi connectivity index (χ1) is 12.7. The Morgan fingerprint density at radius 2 is 2.19 bits per heavy atom. The number of hydrogen-bond donors (Lipinski definition) is 2. The number of para-hydroxylation sites is 1. The second-order valence-corrected chi connectivity index (χ2v) is 7.32. The topological polar surface area (TPSA) is 65.1 Å². The summed E-state index contributed by atoms with van der Waals surface area (Å²) in [5.74, 6) is 0.644. The van der Waals surface area contributed by atoms with Crippen molar-refractivity contribution in [1.29, 1.82) is 5.26 Å². The van der Waals surface area contributed by atoms with Crippen molar-refractivity contribution in [1.82, 2.24) is 15.3 Å². The monoisotopic (exact) mass is 367 g/mol. The molecule has 2 atom stereocenters. The first-order valence-electron chi connectivity index (χ1n) is 9.23. The lowest BCUT2D eigenvalue weighted by atomic mass is 9.86. The molecule has 1 aliphatic rings. The number of benzene rings is 1. The first-order valence-corrected chi connectivity index (χ1v) is 9.64. The number of aryl methyl sites for hydroxylation is 1. The Morgan fingerprint density at radius 3 is 3.00 bits per heavy atom. The third-order valence-corrected chi connectivity index (χ3v) is 5.29. The lowest BCUT2D eigenvalue weighted by Gasteiger charge is -2.30. The number of hydrogen-bond acceptors (Lipinski definition) is 3. The van der Waals surface area contributed by atoms with Gasteiger partial charge in [-0.25, -0.2) is 0 Å². The fraction of sp³-hybridized carbons (Fsp3) is 0.450. The molecule has 26 heavy (non-hydrogen) atoms. The van der Waals surface area contributed by atoms with Crippen LogP contribution in [-0.4, -0.2) is 21.9 Å². The van der Waals surface area contributed by atoms with Crippen molar-refractivity contribution in [2.75, 3.05) is 0 Å². The standard InChI is InChI=1S/C20H25N5S/c1-15-7-2-4-9-18(15)23-20(26)24-22-13-16-14-25(12-6-11-21)19-10-5-3-8-17(16)19/h3,5,8,10,13-15,18H,2,4,6-7,9,12H2,1H3,(H2,23,24,26)/b22-13-/t15-,18-/m1/s1. The minimum absolute atomic E-state index is 0.437.